The minimum atomic E-state index is -1.13. The predicted molar refractivity (Wildman–Crippen MR) is 229 cm³/mol. The third kappa shape index (κ3) is 21.4. The highest BCUT2D eigenvalue weighted by Crippen LogP contribution is 2.22. The molecular weight excluding hydrogens is 775 g/mol. The first-order chi connectivity index (χ1) is 28.9. The Hall–Kier alpha value is -7.18. The van der Waals surface area contributed by atoms with E-state index in [2.05, 4.69) is 56.1 Å². The van der Waals surface area contributed by atoms with Crippen molar-refractivity contribution in [3.8, 4) is 0 Å². The van der Waals surface area contributed by atoms with Crippen LogP contribution in [-0.4, -0.2) is 100 Å². The van der Waals surface area contributed by atoms with Crippen molar-refractivity contribution in [2.75, 3.05) is 58.9 Å². The highest BCUT2D eigenvalue weighted by atomic mass is 16.7. The van der Waals surface area contributed by atoms with Gasteiger partial charge in [0, 0.05) is 37.4 Å². The maximum atomic E-state index is 13.0. The number of hydrogen-bond donors (Lipinski definition) is 7. The molecule has 0 spiro atoms. The fourth-order valence-electron chi connectivity index (χ4n) is 4.94. The summed E-state index contributed by atoms with van der Waals surface area (Å²) in [4.78, 5) is 72.9. The summed E-state index contributed by atoms with van der Waals surface area (Å²) in [6, 6.07) is 30.3. The van der Waals surface area contributed by atoms with Gasteiger partial charge in [-0.25, -0.2) is 10.1 Å². The van der Waals surface area contributed by atoms with Crippen molar-refractivity contribution in [2.45, 2.75) is 25.8 Å². The van der Waals surface area contributed by atoms with Crippen molar-refractivity contribution < 1.29 is 38.5 Å². The number of nitrogens with zero attached hydrogens (tertiary/aromatic N) is 2. The number of benzene rings is 4. The lowest BCUT2D eigenvalue weighted by atomic mass is 10.1. The maximum Gasteiger partial charge on any atom is 0.266 e. The second-order valence-corrected chi connectivity index (χ2v) is 12.6. The molecule has 320 valence electrons. The summed E-state index contributed by atoms with van der Waals surface area (Å²) in [5, 5.41) is 29.2. The first-order valence-electron chi connectivity index (χ1n) is 18.7. The number of hydrazone groups is 1. The van der Waals surface area contributed by atoms with Crippen LogP contribution in [0.2, 0.25) is 0 Å². The molecule has 4 aromatic rings. The van der Waals surface area contributed by atoms with E-state index in [1.54, 1.807) is 56.7 Å². The van der Waals surface area contributed by atoms with E-state index in [1.165, 1.54) is 5.56 Å². The first kappa shape index (κ1) is 49.0. The summed E-state index contributed by atoms with van der Waals surface area (Å²) < 4.78 is 9.49. The summed E-state index contributed by atoms with van der Waals surface area (Å²) >= 11 is 0. The van der Waals surface area contributed by atoms with Crippen LogP contribution in [0.4, 0.5) is 5.69 Å². The number of carbonyl (C=O) groups excluding carboxylic acids is 5. The van der Waals surface area contributed by atoms with Gasteiger partial charge in [0.1, 0.15) is 11.1 Å². The van der Waals surface area contributed by atoms with Crippen LogP contribution in [0.3, 0.4) is 0 Å². The Morgan fingerprint density at radius 1 is 0.733 bits per heavy atom. The van der Waals surface area contributed by atoms with E-state index in [4.69, 9.17) is 15.2 Å². The number of amides is 5. The predicted octanol–water partition coefficient (Wildman–Crippen LogP) is 2.63. The topological polar surface area (TPSA) is 258 Å². The fraction of sp³-hybridized carbons (Fsp3) is 0.286. The Morgan fingerprint density at radius 2 is 1.32 bits per heavy atom. The van der Waals surface area contributed by atoms with Gasteiger partial charge in [-0.3, -0.25) is 24.0 Å². The number of fused-ring (bicyclic) bond motifs is 1. The molecule has 60 heavy (non-hydrogen) atoms. The minimum absolute atomic E-state index is 0.0440. The molecule has 0 aromatic heterocycles. The van der Waals surface area contributed by atoms with Gasteiger partial charge in [-0.1, -0.05) is 103 Å². The number of ether oxygens (including phenoxy) is 2. The van der Waals surface area contributed by atoms with Crippen LogP contribution in [0.25, 0.3) is 10.8 Å². The van der Waals surface area contributed by atoms with Crippen LogP contribution in [0.5, 0.6) is 0 Å². The van der Waals surface area contributed by atoms with Crippen LogP contribution in [-0.2, 0) is 28.7 Å². The fourth-order valence-corrected chi connectivity index (χ4v) is 4.94. The molecule has 1 unspecified atom stereocenters. The van der Waals surface area contributed by atoms with Gasteiger partial charge in [0.15, 0.2) is 5.03 Å². The molecule has 1 atom stereocenters. The molecule has 18 heteroatoms. The van der Waals surface area contributed by atoms with Gasteiger partial charge in [0.2, 0.25) is 23.6 Å². The normalized spacial score (nSPS) is 11.1. The zero-order valence-electron chi connectivity index (χ0n) is 33.8. The Labute approximate surface area is 348 Å². The Morgan fingerprint density at radius 3 is 1.93 bits per heavy atom. The lowest BCUT2D eigenvalue weighted by Crippen LogP contribution is -2.51. The second-order valence-electron chi connectivity index (χ2n) is 12.6. The summed E-state index contributed by atoms with van der Waals surface area (Å²) in [6.45, 7) is 2.24. The third-order valence-corrected chi connectivity index (χ3v) is 7.83. The maximum absolute atomic E-state index is 13.0. The molecule has 0 saturated carbocycles. The minimum Gasteiger partial charge on any atom is -0.381 e. The summed E-state index contributed by atoms with van der Waals surface area (Å²) in [5.41, 5.74) is 7.64. The molecule has 0 aliphatic rings. The number of hydrogen-bond acceptors (Lipinski definition) is 9. The molecule has 5 amide bonds. The van der Waals surface area contributed by atoms with Crippen LogP contribution >= 0.6 is 0 Å². The molecular formula is C42H53N9O9. The molecule has 18 nitrogen and oxygen atoms in total. The molecule has 0 saturated heterocycles. The van der Waals surface area contributed by atoms with Crippen LogP contribution < -0.4 is 37.6 Å². The van der Waals surface area contributed by atoms with Crippen molar-refractivity contribution in [3.05, 3.63) is 137 Å². The third-order valence-electron chi connectivity index (χ3n) is 7.83. The van der Waals surface area contributed by atoms with Crippen LogP contribution in [0, 0.1) is 17.0 Å². The van der Waals surface area contributed by atoms with Crippen molar-refractivity contribution in [1.29, 1.82) is 0 Å². The van der Waals surface area contributed by atoms with E-state index < -0.39 is 59.7 Å². The molecule has 0 heterocycles. The van der Waals surface area contributed by atoms with Crippen LogP contribution in [0.1, 0.15) is 28.8 Å². The number of nitrogens with one attached hydrogen (secondary N) is 6. The molecule has 0 radical (unpaired) electrons. The molecule has 8 N–H and O–H groups in total. The molecule has 4 rings (SSSR count). The van der Waals surface area contributed by atoms with Gasteiger partial charge in [0.05, 0.1) is 32.8 Å². The second kappa shape index (κ2) is 29.1. The average molecular weight is 828 g/mol. The number of rotatable bonds is 19. The van der Waals surface area contributed by atoms with Gasteiger partial charge in [-0.05, 0) is 43.4 Å². The van der Waals surface area contributed by atoms with Crippen molar-refractivity contribution >= 4 is 52.0 Å². The summed E-state index contributed by atoms with van der Waals surface area (Å²) in [6.07, 6.45) is 4.10. The zero-order valence-corrected chi connectivity index (χ0v) is 33.8. The first-order valence-corrected chi connectivity index (χ1v) is 18.7. The van der Waals surface area contributed by atoms with Gasteiger partial charge in [-0.15, -0.1) is 0 Å². The number of carbonyl (C=O) groups is 5. The monoisotopic (exact) mass is 827 g/mol. The average Bonchev–Trinajstić information content (AvgIpc) is 3.24. The number of nitrogens with two attached hydrogens (primary N) is 1. The van der Waals surface area contributed by atoms with E-state index in [0.29, 0.717) is 24.5 Å². The lowest BCUT2D eigenvalue weighted by Gasteiger charge is -2.19. The molecule has 4 aromatic carbocycles. The van der Waals surface area contributed by atoms with Crippen molar-refractivity contribution in [2.24, 2.45) is 10.8 Å². The number of nitro groups is 1. The molecule has 0 aliphatic carbocycles. The highest BCUT2D eigenvalue weighted by Gasteiger charge is 2.22. The Balaban J connectivity index is 0.000000691. The lowest BCUT2D eigenvalue weighted by molar-refractivity contribution is -0.485. The number of guanidine groups is 1. The van der Waals surface area contributed by atoms with E-state index in [1.807, 2.05) is 60.7 Å². The van der Waals surface area contributed by atoms with Gasteiger partial charge in [-0.2, -0.15) is 0 Å². The van der Waals surface area contributed by atoms with Crippen LogP contribution in [0.15, 0.2) is 120 Å². The van der Waals surface area contributed by atoms with E-state index in [0.717, 1.165) is 10.8 Å². The van der Waals surface area contributed by atoms with Gasteiger partial charge in [0.25, 0.3) is 11.9 Å². The SMILES string of the molecule is COC/C=C/COC.Cc1ccccc1.N/C(=N/[N+](=O)[O-])NCCCC(NC(=O)CNC(=O)CNC(=O)c1ccccc1)C(=O)NCC(=O)Nc1cccc2ccccc12. The van der Waals surface area contributed by atoms with E-state index in [9.17, 15) is 34.1 Å². The highest BCUT2D eigenvalue weighted by molar-refractivity contribution is 6.03. The molecule has 0 bridgehead atoms. The Bertz CT molecular complexity index is 2000. The zero-order chi connectivity index (χ0) is 44.0. The van der Waals surface area contributed by atoms with E-state index >= 15 is 0 Å². The molecule has 0 aliphatic heterocycles. The standard InChI is InChI=1S/C29H33N9O7.C7H8.C6H12O2/c30-29(37-38(44)45)31-15-7-14-23(36-25(40)17-32-24(39)16-33-27(42)20-9-2-1-3-10-20)28(43)34-18-26(41)35-22-13-6-11-19-8-4-5-12-21(19)22;1-7-5-3-2-4-6-7;1-7-5-3-4-6-8-2/h1-6,8-13,23H,7,14-18H2,(H,32,39)(H,33,42)(H,34,43)(H,35,41)(H,36,40)(H3,30,31,37);2-6H,1H3;3-4H,5-6H2,1-2H3/b;;4-3+. The van der Waals surface area contributed by atoms with Crippen molar-refractivity contribution in [1.82, 2.24) is 26.6 Å². The summed E-state index contributed by atoms with van der Waals surface area (Å²) in [5.74, 6) is -3.42. The van der Waals surface area contributed by atoms with E-state index in [-0.39, 0.29) is 25.9 Å². The number of methoxy groups -OCH3 is 2. The Kier molecular flexibility index (Phi) is 23.7. The van der Waals surface area contributed by atoms with Gasteiger partial charge >= 0.3 is 0 Å². The largest absolute Gasteiger partial charge is 0.381 e. The summed E-state index contributed by atoms with van der Waals surface area (Å²) in [7, 11) is 3.33. The molecule has 0 fully saturated rings. The number of anilines is 1. The van der Waals surface area contributed by atoms with Crippen molar-refractivity contribution in [3.63, 3.8) is 0 Å². The quantitative estimate of drug-likeness (QED) is 0.0181. The smallest absolute Gasteiger partial charge is 0.266 e. The van der Waals surface area contributed by atoms with Gasteiger partial charge < -0.3 is 47.1 Å². The number of aryl methyl sites for hydroxylation is 1.